The monoisotopic (exact) mass is 160 g/mol. The molecule has 2 bridgehead atoms. The van der Waals surface area contributed by atoms with Crippen molar-refractivity contribution in [2.75, 3.05) is 0 Å². The van der Waals surface area contributed by atoms with Gasteiger partial charge in [-0.05, 0) is 49.4 Å². The first kappa shape index (κ1) is 6.94. The summed E-state index contributed by atoms with van der Waals surface area (Å²) in [5.74, 6) is 3.77. The summed E-state index contributed by atoms with van der Waals surface area (Å²) in [4.78, 5) is 0. The fraction of sp³-hybridized carbons (Fsp3) is 0.667. The molecule has 0 radical (unpaired) electrons. The normalized spacial score (nSPS) is 49.3. The summed E-state index contributed by atoms with van der Waals surface area (Å²) in [6.07, 6.45) is 15.6. The van der Waals surface area contributed by atoms with Crippen LogP contribution in [0.2, 0.25) is 0 Å². The number of hydrogen-bond acceptors (Lipinski definition) is 0. The van der Waals surface area contributed by atoms with Gasteiger partial charge in [0.2, 0.25) is 0 Å². The second-order valence-corrected chi connectivity index (χ2v) is 4.54. The predicted octanol–water partition coefficient (Wildman–Crippen LogP) is 3.16. The van der Waals surface area contributed by atoms with Gasteiger partial charge in [-0.15, -0.1) is 0 Å². The molecule has 4 atom stereocenters. The predicted molar refractivity (Wildman–Crippen MR) is 50.7 cm³/mol. The third kappa shape index (κ3) is 0.840. The van der Waals surface area contributed by atoms with Gasteiger partial charge in [0.15, 0.2) is 0 Å². The van der Waals surface area contributed by atoms with Crippen LogP contribution in [0.4, 0.5) is 0 Å². The van der Waals surface area contributed by atoms with Gasteiger partial charge in [-0.3, -0.25) is 0 Å². The third-order valence-corrected chi connectivity index (χ3v) is 4.00. The van der Waals surface area contributed by atoms with Crippen molar-refractivity contribution < 1.29 is 0 Å². The van der Waals surface area contributed by atoms with Gasteiger partial charge < -0.3 is 0 Å². The van der Waals surface area contributed by atoms with Crippen molar-refractivity contribution >= 4 is 0 Å². The number of hydrogen-bond donors (Lipinski definition) is 0. The molecule has 64 valence electrons. The Balaban J connectivity index is 1.98. The lowest BCUT2D eigenvalue weighted by atomic mass is 9.60. The molecule has 0 aromatic carbocycles. The molecule has 0 spiro atoms. The number of rotatable bonds is 0. The highest BCUT2D eigenvalue weighted by Crippen LogP contribution is 2.48. The van der Waals surface area contributed by atoms with Crippen LogP contribution < -0.4 is 0 Å². The SMILES string of the molecule is C1=CC2C3C=CC(CC3)C2CC1. The molecule has 4 rings (SSSR count). The smallest absolute Gasteiger partial charge is 0.0136 e. The fourth-order valence-corrected chi connectivity index (χ4v) is 3.38. The van der Waals surface area contributed by atoms with E-state index in [1.807, 2.05) is 0 Å². The highest BCUT2D eigenvalue weighted by atomic mass is 14.4. The van der Waals surface area contributed by atoms with Gasteiger partial charge in [0.1, 0.15) is 0 Å². The molecule has 4 aliphatic rings. The molecule has 0 amide bonds. The maximum absolute atomic E-state index is 2.49. The summed E-state index contributed by atoms with van der Waals surface area (Å²) in [6, 6.07) is 0. The highest BCUT2D eigenvalue weighted by Gasteiger charge is 2.39. The zero-order valence-corrected chi connectivity index (χ0v) is 7.45. The van der Waals surface area contributed by atoms with Crippen LogP contribution in [0, 0.1) is 23.7 Å². The van der Waals surface area contributed by atoms with Gasteiger partial charge >= 0.3 is 0 Å². The molecule has 0 aliphatic heterocycles. The Hall–Kier alpha value is -0.520. The van der Waals surface area contributed by atoms with Crippen molar-refractivity contribution in [2.24, 2.45) is 23.7 Å². The molecule has 1 fully saturated rings. The summed E-state index contributed by atoms with van der Waals surface area (Å²) in [5.41, 5.74) is 0. The molecule has 4 aliphatic carbocycles. The lowest BCUT2D eigenvalue weighted by molar-refractivity contribution is 0.143. The Kier molecular flexibility index (Phi) is 1.44. The van der Waals surface area contributed by atoms with E-state index in [0.29, 0.717) is 0 Å². The lowest BCUT2D eigenvalue weighted by Gasteiger charge is -2.45. The Morgan fingerprint density at radius 1 is 0.833 bits per heavy atom. The van der Waals surface area contributed by atoms with Crippen molar-refractivity contribution in [1.82, 2.24) is 0 Å². The molecule has 12 heavy (non-hydrogen) atoms. The minimum atomic E-state index is 0.900. The molecule has 4 unspecified atom stereocenters. The topological polar surface area (TPSA) is 0 Å². The van der Waals surface area contributed by atoms with Gasteiger partial charge in [0, 0.05) is 0 Å². The molecule has 0 nitrogen and oxygen atoms in total. The Bertz CT molecular complexity index is 236. The van der Waals surface area contributed by atoms with Crippen molar-refractivity contribution in [3.8, 4) is 0 Å². The fourth-order valence-electron chi connectivity index (χ4n) is 3.38. The summed E-state index contributed by atoms with van der Waals surface area (Å²) in [5, 5.41) is 0. The first-order valence-electron chi connectivity index (χ1n) is 5.30. The molecule has 0 heterocycles. The first-order chi connectivity index (χ1) is 5.95. The van der Waals surface area contributed by atoms with E-state index >= 15 is 0 Å². The second kappa shape index (κ2) is 2.48. The van der Waals surface area contributed by atoms with Crippen LogP contribution in [0.25, 0.3) is 0 Å². The van der Waals surface area contributed by atoms with Crippen molar-refractivity contribution in [3.63, 3.8) is 0 Å². The zero-order chi connectivity index (χ0) is 7.97. The van der Waals surface area contributed by atoms with Gasteiger partial charge in [-0.25, -0.2) is 0 Å². The second-order valence-electron chi connectivity index (χ2n) is 4.54. The van der Waals surface area contributed by atoms with E-state index in [-0.39, 0.29) is 0 Å². The van der Waals surface area contributed by atoms with E-state index in [2.05, 4.69) is 24.3 Å². The molecule has 0 aromatic heterocycles. The van der Waals surface area contributed by atoms with Crippen molar-refractivity contribution in [2.45, 2.75) is 25.7 Å². The van der Waals surface area contributed by atoms with E-state index in [4.69, 9.17) is 0 Å². The quantitative estimate of drug-likeness (QED) is 0.477. The minimum Gasteiger partial charge on any atom is -0.0882 e. The van der Waals surface area contributed by atoms with Crippen LogP contribution in [0.15, 0.2) is 24.3 Å². The summed E-state index contributed by atoms with van der Waals surface area (Å²) in [6.45, 7) is 0. The number of fused-ring (bicyclic) bond motifs is 1. The van der Waals surface area contributed by atoms with E-state index in [9.17, 15) is 0 Å². The van der Waals surface area contributed by atoms with Gasteiger partial charge in [-0.1, -0.05) is 24.3 Å². The van der Waals surface area contributed by atoms with Gasteiger partial charge in [0.25, 0.3) is 0 Å². The van der Waals surface area contributed by atoms with E-state index in [1.54, 1.807) is 0 Å². The first-order valence-corrected chi connectivity index (χ1v) is 5.30. The molecule has 0 saturated heterocycles. The average molecular weight is 160 g/mol. The molecule has 1 saturated carbocycles. The molecular weight excluding hydrogens is 144 g/mol. The van der Waals surface area contributed by atoms with E-state index in [1.165, 1.54) is 25.7 Å². The highest BCUT2D eigenvalue weighted by molar-refractivity contribution is 5.16. The van der Waals surface area contributed by atoms with E-state index in [0.717, 1.165) is 23.7 Å². The summed E-state index contributed by atoms with van der Waals surface area (Å²) in [7, 11) is 0. The Morgan fingerprint density at radius 2 is 1.67 bits per heavy atom. The molecular formula is C12H16. The standard InChI is InChI=1S/C12H16/c1-2-4-12-10-7-5-9(6-8-10)11(12)3-1/h1,3,5,7,9-12H,2,4,6,8H2. The van der Waals surface area contributed by atoms with Crippen LogP contribution in [-0.2, 0) is 0 Å². The van der Waals surface area contributed by atoms with Crippen LogP contribution in [-0.4, -0.2) is 0 Å². The lowest BCUT2D eigenvalue weighted by Crippen LogP contribution is -2.36. The summed E-state index contributed by atoms with van der Waals surface area (Å²) >= 11 is 0. The van der Waals surface area contributed by atoms with Crippen LogP contribution in [0.3, 0.4) is 0 Å². The average Bonchev–Trinajstić information content (AvgIpc) is 2.20. The maximum Gasteiger partial charge on any atom is -0.0136 e. The number of allylic oxidation sites excluding steroid dienone is 4. The Labute approximate surface area is 74.4 Å². The van der Waals surface area contributed by atoms with Crippen molar-refractivity contribution in [1.29, 1.82) is 0 Å². The van der Waals surface area contributed by atoms with Crippen molar-refractivity contribution in [3.05, 3.63) is 24.3 Å². The molecule has 0 N–H and O–H groups in total. The maximum atomic E-state index is 2.49. The van der Waals surface area contributed by atoms with Crippen LogP contribution in [0.5, 0.6) is 0 Å². The summed E-state index contributed by atoms with van der Waals surface area (Å²) < 4.78 is 0. The third-order valence-electron chi connectivity index (χ3n) is 4.00. The van der Waals surface area contributed by atoms with Gasteiger partial charge in [-0.2, -0.15) is 0 Å². The van der Waals surface area contributed by atoms with E-state index < -0.39 is 0 Å². The molecule has 0 heteroatoms. The van der Waals surface area contributed by atoms with Crippen LogP contribution >= 0.6 is 0 Å². The van der Waals surface area contributed by atoms with Gasteiger partial charge in [0.05, 0.1) is 0 Å². The minimum absolute atomic E-state index is 0.900. The largest absolute Gasteiger partial charge is 0.0882 e. The molecule has 0 aromatic rings. The Morgan fingerprint density at radius 3 is 2.42 bits per heavy atom. The van der Waals surface area contributed by atoms with Crippen LogP contribution in [0.1, 0.15) is 25.7 Å². The zero-order valence-electron chi connectivity index (χ0n) is 7.45.